The van der Waals surface area contributed by atoms with E-state index in [0.717, 1.165) is 16.7 Å². The van der Waals surface area contributed by atoms with Crippen molar-refractivity contribution in [2.75, 3.05) is 13.1 Å². The zero-order valence-electron chi connectivity index (χ0n) is 18.5. The third-order valence-corrected chi connectivity index (χ3v) is 4.81. The number of amides is 1. The molecule has 0 atom stereocenters. The molecule has 0 aliphatic heterocycles. The summed E-state index contributed by atoms with van der Waals surface area (Å²) in [6, 6.07) is 10.9. The van der Waals surface area contributed by atoms with Crippen LogP contribution >= 0.6 is 0 Å². The largest absolute Gasteiger partial charge is 0.419 e. The van der Waals surface area contributed by atoms with Crippen molar-refractivity contribution in [2.24, 2.45) is 0 Å². The summed E-state index contributed by atoms with van der Waals surface area (Å²) in [6.45, 7) is 14.9. The van der Waals surface area contributed by atoms with Gasteiger partial charge in [-0.2, -0.15) is 0 Å². The summed E-state index contributed by atoms with van der Waals surface area (Å²) >= 11 is 0. The Morgan fingerprint density at radius 1 is 0.931 bits per heavy atom. The molecular formula is C24H31NO4. The van der Waals surface area contributed by atoms with Gasteiger partial charge in [0.05, 0.1) is 5.56 Å². The lowest BCUT2D eigenvalue weighted by molar-refractivity contribution is 0.0726. The van der Waals surface area contributed by atoms with E-state index in [-0.39, 0.29) is 16.9 Å². The Hall–Kier alpha value is -2.82. The molecular weight excluding hydrogens is 366 g/mol. The summed E-state index contributed by atoms with van der Waals surface area (Å²) < 4.78 is 11.4. The van der Waals surface area contributed by atoms with E-state index in [2.05, 4.69) is 20.8 Å². The zero-order chi connectivity index (χ0) is 21.8. The first-order valence-corrected chi connectivity index (χ1v) is 9.97. The minimum absolute atomic E-state index is 0.156. The molecule has 0 radical (unpaired) electrons. The van der Waals surface area contributed by atoms with E-state index in [0.29, 0.717) is 18.7 Å². The number of nitrogens with zero attached hydrogens (tertiary/aromatic N) is 1. The Morgan fingerprint density at radius 3 is 2.03 bits per heavy atom. The molecule has 0 saturated heterocycles. The van der Waals surface area contributed by atoms with Gasteiger partial charge < -0.3 is 14.4 Å². The molecule has 0 heterocycles. The predicted molar refractivity (Wildman–Crippen MR) is 115 cm³/mol. The number of rotatable bonds is 5. The molecule has 2 aromatic carbocycles. The zero-order valence-corrected chi connectivity index (χ0v) is 18.5. The molecule has 2 aromatic rings. The summed E-state index contributed by atoms with van der Waals surface area (Å²) in [5.74, 6) is 0.0342. The molecule has 2 rings (SSSR count). The highest BCUT2D eigenvalue weighted by Gasteiger charge is 2.24. The van der Waals surface area contributed by atoms with Crippen LogP contribution in [0.2, 0.25) is 0 Å². The van der Waals surface area contributed by atoms with Crippen LogP contribution in [0.4, 0.5) is 4.79 Å². The lowest BCUT2D eigenvalue weighted by atomic mass is 9.86. The SMILES string of the molecule is CCN(CC)C(=O)Oc1c(C)cc(C(C)(C)C)cc1OC(=O)c1ccc(C)cc1. The summed E-state index contributed by atoms with van der Waals surface area (Å²) in [6.07, 6.45) is -0.464. The van der Waals surface area contributed by atoms with Crippen molar-refractivity contribution in [3.8, 4) is 11.5 Å². The number of ether oxygens (including phenoxy) is 2. The average molecular weight is 398 g/mol. The molecule has 156 valence electrons. The molecule has 5 heteroatoms. The number of benzene rings is 2. The van der Waals surface area contributed by atoms with Crippen LogP contribution in [0.1, 0.15) is 61.7 Å². The van der Waals surface area contributed by atoms with Crippen LogP contribution in [-0.4, -0.2) is 30.1 Å². The van der Waals surface area contributed by atoms with Crippen LogP contribution in [0.5, 0.6) is 11.5 Å². The molecule has 0 aliphatic rings. The van der Waals surface area contributed by atoms with Gasteiger partial charge in [0.15, 0.2) is 11.5 Å². The standard InChI is InChI=1S/C24H31NO4/c1-8-25(9-2)23(27)29-21-17(4)14-19(24(5,6)7)15-20(21)28-22(26)18-12-10-16(3)11-13-18/h10-15H,8-9H2,1-7H3. The number of carbonyl (C=O) groups excluding carboxylic acids is 2. The lowest BCUT2D eigenvalue weighted by Crippen LogP contribution is -2.33. The predicted octanol–water partition coefficient (Wildman–Crippen LogP) is 5.66. The summed E-state index contributed by atoms with van der Waals surface area (Å²) in [4.78, 5) is 26.8. The molecule has 1 amide bonds. The fourth-order valence-corrected chi connectivity index (χ4v) is 2.86. The minimum atomic E-state index is -0.490. The van der Waals surface area contributed by atoms with Crippen LogP contribution in [0.15, 0.2) is 36.4 Å². The molecule has 0 unspecified atom stereocenters. The third-order valence-electron chi connectivity index (χ3n) is 4.81. The Kier molecular flexibility index (Phi) is 7.07. The molecule has 5 nitrogen and oxygen atoms in total. The van der Waals surface area contributed by atoms with Crippen LogP contribution in [0.3, 0.4) is 0 Å². The second kappa shape index (κ2) is 9.12. The number of hydrogen-bond donors (Lipinski definition) is 0. The lowest BCUT2D eigenvalue weighted by Gasteiger charge is -2.24. The molecule has 0 spiro atoms. The van der Waals surface area contributed by atoms with Crippen LogP contribution in [-0.2, 0) is 5.41 Å². The van der Waals surface area contributed by atoms with Crippen molar-refractivity contribution in [1.82, 2.24) is 4.90 Å². The molecule has 0 saturated carbocycles. The fraction of sp³-hybridized carbons (Fsp3) is 0.417. The van der Waals surface area contributed by atoms with E-state index >= 15 is 0 Å². The highest BCUT2D eigenvalue weighted by molar-refractivity contribution is 5.91. The smallest absolute Gasteiger partial charge is 0.415 e. The van der Waals surface area contributed by atoms with Gasteiger partial charge in [-0.1, -0.05) is 44.5 Å². The van der Waals surface area contributed by atoms with Gasteiger partial charge in [0.2, 0.25) is 0 Å². The molecule has 0 fully saturated rings. The van der Waals surface area contributed by atoms with E-state index < -0.39 is 12.1 Å². The van der Waals surface area contributed by atoms with Crippen LogP contribution in [0.25, 0.3) is 0 Å². The first kappa shape index (κ1) is 22.5. The van der Waals surface area contributed by atoms with Crippen molar-refractivity contribution in [1.29, 1.82) is 0 Å². The Labute approximate surface area is 173 Å². The van der Waals surface area contributed by atoms with Gasteiger partial charge in [-0.3, -0.25) is 0 Å². The average Bonchev–Trinajstić information content (AvgIpc) is 2.65. The first-order chi connectivity index (χ1) is 13.6. The van der Waals surface area contributed by atoms with Gasteiger partial charge in [-0.05, 0) is 62.4 Å². The van der Waals surface area contributed by atoms with Gasteiger partial charge in [-0.25, -0.2) is 9.59 Å². The second-order valence-electron chi connectivity index (χ2n) is 8.17. The second-order valence-corrected chi connectivity index (χ2v) is 8.17. The maximum absolute atomic E-state index is 12.7. The van der Waals surface area contributed by atoms with E-state index in [1.807, 2.05) is 45.9 Å². The highest BCUT2D eigenvalue weighted by atomic mass is 16.6. The van der Waals surface area contributed by atoms with E-state index in [1.165, 1.54) is 0 Å². The molecule has 0 bridgehead atoms. The molecule has 0 aromatic heterocycles. The number of hydrogen-bond acceptors (Lipinski definition) is 4. The van der Waals surface area contributed by atoms with Crippen molar-refractivity contribution in [3.63, 3.8) is 0 Å². The summed E-state index contributed by atoms with van der Waals surface area (Å²) in [5, 5.41) is 0. The molecule has 0 N–H and O–H groups in total. The number of esters is 1. The van der Waals surface area contributed by atoms with Gasteiger partial charge in [0.25, 0.3) is 0 Å². The molecule has 29 heavy (non-hydrogen) atoms. The highest BCUT2D eigenvalue weighted by Crippen LogP contribution is 2.37. The first-order valence-electron chi connectivity index (χ1n) is 9.97. The van der Waals surface area contributed by atoms with Crippen molar-refractivity contribution >= 4 is 12.1 Å². The van der Waals surface area contributed by atoms with Crippen LogP contribution < -0.4 is 9.47 Å². The number of aryl methyl sites for hydroxylation is 2. The van der Waals surface area contributed by atoms with Crippen molar-refractivity contribution in [2.45, 2.75) is 53.9 Å². The maximum atomic E-state index is 12.7. The van der Waals surface area contributed by atoms with Crippen molar-refractivity contribution in [3.05, 3.63) is 58.7 Å². The Morgan fingerprint density at radius 2 is 1.52 bits per heavy atom. The quantitative estimate of drug-likeness (QED) is 0.482. The Balaban J connectivity index is 2.45. The minimum Gasteiger partial charge on any atom is -0.419 e. The maximum Gasteiger partial charge on any atom is 0.415 e. The van der Waals surface area contributed by atoms with E-state index in [1.54, 1.807) is 23.1 Å². The molecule has 0 aliphatic carbocycles. The van der Waals surface area contributed by atoms with Crippen LogP contribution in [0, 0.1) is 13.8 Å². The summed E-state index contributed by atoms with van der Waals surface area (Å²) in [5.41, 5.74) is 3.07. The topological polar surface area (TPSA) is 55.8 Å². The van der Waals surface area contributed by atoms with Crippen molar-refractivity contribution < 1.29 is 19.1 Å². The normalized spacial score (nSPS) is 11.1. The van der Waals surface area contributed by atoms with E-state index in [4.69, 9.17) is 9.47 Å². The van der Waals surface area contributed by atoms with E-state index in [9.17, 15) is 9.59 Å². The summed E-state index contributed by atoms with van der Waals surface area (Å²) in [7, 11) is 0. The van der Waals surface area contributed by atoms with Gasteiger partial charge in [0.1, 0.15) is 0 Å². The van der Waals surface area contributed by atoms with Gasteiger partial charge in [-0.15, -0.1) is 0 Å². The number of carbonyl (C=O) groups is 2. The third kappa shape index (κ3) is 5.59. The monoisotopic (exact) mass is 397 g/mol. The van der Waals surface area contributed by atoms with Gasteiger partial charge in [0, 0.05) is 13.1 Å². The Bertz CT molecular complexity index is 875. The van der Waals surface area contributed by atoms with Gasteiger partial charge >= 0.3 is 12.1 Å². The fourth-order valence-electron chi connectivity index (χ4n) is 2.86.